The molecule has 5 N–H and O–H groups in total. The molecule has 46 heavy (non-hydrogen) atoms. The quantitative estimate of drug-likeness (QED) is 0.110. The highest BCUT2D eigenvalue weighted by Crippen LogP contribution is 2.13. The lowest BCUT2D eigenvalue weighted by molar-refractivity contribution is -0.140. The first kappa shape index (κ1) is 36.0. The summed E-state index contributed by atoms with van der Waals surface area (Å²) in [6.45, 7) is 4.48. The van der Waals surface area contributed by atoms with Gasteiger partial charge in [-0.25, -0.2) is 0 Å². The fourth-order valence-electron chi connectivity index (χ4n) is 5.21. The molecule has 0 aliphatic heterocycles. The first-order valence-electron chi connectivity index (χ1n) is 16.2. The number of rotatable bonds is 20. The summed E-state index contributed by atoms with van der Waals surface area (Å²) in [6.07, 6.45) is 4.07. The molecular formula is C37H48N4O5. The van der Waals surface area contributed by atoms with E-state index in [2.05, 4.69) is 21.3 Å². The van der Waals surface area contributed by atoms with Crippen LogP contribution in [0.25, 0.3) is 0 Å². The van der Waals surface area contributed by atoms with Crippen molar-refractivity contribution in [3.05, 3.63) is 102 Å². The summed E-state index contributed by atoms with van der Waals surface area (Å²) in [5, 5.41) is 21.8. The van der Waals surface area contributed by atoms with Gasteiger partial charge >= 0.3 is 5.97 Å². The lowest BCUT2D eigenvalue weighted by atomic mass is 9.99. The maximum absolute atomic E-state index is 13.7. The SMILES string of the molecule is CC(C)C[C@H](NC(=O)[C@H](CCc1ccccc1)N[C@H](CCCCCNC(=O)Cc1ccccc1)C(=O)O)C(=O)Nc1ccccc1. The van der Waals surface area contributed by atoms with Gasteiger partial charge in [-0.15, -0.1) is 0 Å². The van der Waals surface area contributed by atoms with Crippen LogP contribution in [0.3, 0.4) is 0 Å². The van der Waals surface area contributed by atoms with E-state index in [4.69, 9.17) is 0 Å². The minimum absolute atomic E-state index is 0.0447. The normalized spacial score (nSPS) is 12.9. The number of para-hydroxylation sites is 1. The first-order chi connectivity index (χ1) is 22.2. The third kappa shape index (κ3) is 13.6. The van der Waals surface area contributed by atoms with Crippen molar-refractivity contribution in [2.75, 3.05) is 11.9 Å². The maximum atomic E-state index is 13.7. The summed E-state index contributed by atoms with van der Waals surface area (Å²) in [5.41, 5.74) is 2.62. The Labute approximate surface area is 272 Å². The Kier molecular flexibility index (Phi) is 15.5. The molecule has 0 saturated heterocycles. The van der Waals surface area contributed by atoms with Gasteiger partial charge in [0, 0.05) is 12.2 Å². The van der Waals surface area contributed by atoms with Crippen LogP contribution in [0.4, 0.5) is 5.69 Å². The van der Waals surface area contributed by atoms with Crippen LogP contribution in [0.2, 0.25) is 0 Å². The van der Waals surface area contributed by atoms with E-state index in [1.54, 1.807) is 12.1 Å². The number of aliphatic carboxylic acids is 1. The summed E-state index contributed by atoms with van der Waals surface area (Å²) >= 11 is 0. The van der Waals surface area contributed by atoms with E-state index >= 15 is 0 Å². The van der Waals surface area contributed by atoms with Crippen LogP contribution in [0.15, 0.2) is 91.0 Å². The number of hydrogen-bond donors (Lipinski definition) is 5. The van der Waals surface area contributed by atoms with Crippen molar-refractivity contribution in [2.24, 2.45) is 5.92 Å². The van der Waals surface area contributed by atoms with Crippen molar-refractivity contribution in [3.63, 3.8) is 0 Å². The van der Waals surface area contributed by atoms with Crippen LogP contribution in [-0.4, -0.2) is 53.5 Å². The number of carboxylic acids is 1. The van der Waals surface area contributed by atoms with Gasteiger partial charge in [0.25, 0.3) is 0 Å². The molecule has 3 aromatic carbocycles. The minimum Gasteiger partial charge on any atom is -0.480 e. The molecule has 3 aromatic rings. The summed E-state index contributed by atoms with van der Waals surface area (Å²) < 4.78 is 0. The number of carbonyl (C=O) groups excluding carboxylic acids is 3. The Morgan fingerprint density at radius 3 is 1.89 bits per heavy atom. The number of nitrogens with one attached hydrogen (secondary N) is 4. The fraction of sp³-hybridized carbons (Fsp3) is 0.405. The minimum atomic E-state index is -1.03. The number of hydrogen-bond acceptors (Lipinski definition) is 5. The van der Waals surface area contributed by atoms with Crippen molar-refractivity contribution in [2.45, 2.75) is 83.3 Å². The van der Waals surface area contributed by atoms with Gasteiger partial charge in [0.15, 0.2) is 0 Å². The van der Waals surface area contributed by atoms with Crippen LogP contribution in [0.5, 0.6) is 0 Å². The van der Waals surface area contributed by atoms with Crippen LogP contribution in [0.1, 0.15) is 63.5 Å². The van der Waals surface area contributed by atoms with Gasteiger partial charge in [-0.3, -0.25) is 24.5 Å². The van der Waals surface area contributed by atoms with E-state index in [0.29, 0.717) is 50.8 Å². The van der Waals surface area contributed by atoms with E-state index in [1.165, 1.54) is 0 Å². The van der Waals surface area contributed by atoms with Crippen molar-refractivity contribution >= 4 is 29.4 Å². The predicted octanol–water partition coefficient (Wildman–Crippen LogP) is 5.12. The number of anilines is 1. The van der Waals surface area contributed by atoms with E-state index < -0.39 is 30.0 Å². The maximum Gasteiger partial charge on any atom is 0.320 e. The lowest BCUT2D eigenvalue weighted by Crippen LogP contribution is -2.55. The molecule has 3 atom stereocenters. The smallest absolute Gasteiger partial charge is 0.320 e. The monoisotopic (exact) mass is 628 g/mol. The topological polar surface area (TPSA) is 137 Å². The Morgan fingerprint density at radius 2 is 1.28 bits per heavy atom. The van der Waals surface area contributed by atoms with E-state index in [1.807, 2.05) is 92.7 Å². The van der Waals surface area contributed by atoms with Crippen molar-refractivity contribution < 1.29 is 24.3 Å². The molecular weight excluding hydrogens is 580 g/mol. The number of amides is 3. The summed E-state index contributed by atoms with van der Waals surface area (Å²) in [6, 6.07) is 25.8. The highest BCUT2D eigenvalue weighted by atomic mass is 16.4. The van der Waals surface area contributed by atoms with Crippen molar-refractivity contribution in [1.29, 1.82) is 0 Å². The molecule has 0 radical (unpaired) electrons. The third-order valence-corrected chi connectivity index (χ3v) is 7.66. The third-order valence-electron chi connectivity index (χ3n) is 7.66. The molecule has 0 aliphatic rings. The Hall–Kier alpha value is -4.50. The van der Waals surface area contributed by atoms with Crippen LogP contribution in [0, 0.1) is 5.92 Å². The van der Waals surface area contributed by atoms with Gasteiger partial charge in [0.1, 0.15) is 12.1 Å². The molecule has 0 unspecified atom stereocenters. The Bertz CT molecular complexity index is 1350. The zero-order valence-electron chi connectivity index (χ0n) is 26.9. The number of benzene rings is 3. The standard InChI is InChI=1S/C37H48N4O5/c1-27(2)25-33(36(44)39-30-19-11-5-12-20-30)41-35(43)31(23-22-28-15-7-3-8-16-28)40-32(37(45)46)21-13-6-14-24-38-34(42)26-29-17-9-4-10-18-29/h3-5,7-12,15-20,27,31-33,40H,6,13-14,21-26H2,1-2H3,(H,38,42)(H,39,44)(H,41,43)(H,45,46)/t31-,32+,33-/m0/s1. The fourth-order valence-corrected chi connectivity index (χ4v) is 5.21. The molecule has 0 bridgehead atoms. The molecule has 0 aromatic heterocycles. The first-order valence-corrected chi connectivity index (χ1v) is 16.2. The van der Waals surface area contributed by atoms with E-state index in [-0.39, 0.29) is 17.7 Å². The average molecular weight is 629 g/mol. The summed E-state index contributed by atoms with van der Waals surface area (Å²) in [7, 11) is 0. The second-order valence-corrected chi connectivity index (χ2v) is 12.0. The lowest BCUT2D eigenvalue weighted by Gasteiger charge is -2.26. The highest BCUT2D eigenvalue weighted by Gasteiger charge is 2.29. The molecule has 9 nitrogen and oxygen atoms in total. The van der Waals surface area contributed by atoms with Crippen LogP contribution >= 0.6 is 0 Å². The molecule has 246 valence electrons. The zero-order valence-corrected chi connectivity index (χ0v) is 26.9. The van der Waals surface area contributed by atoms with E-state index in [9.17, 15) is 24.3 Å². The molecule has 0 heterocycles. The highest BCUT2D eigenvalue weighted by molar-refractivity contribution is 5.98. The molecule has 0 saturated carbocycles. The van der Waals surface area contributed by atoms with Crippen LogP contribution < -0.4 is 21.3 Å². The van der Waals surface area contributed by atoms with Crippen molar-refractivity contribution in [1.82, 2.24) is 16.0 Å². The van der Waals surface area contributed by atoms with Gasteiger partial charge < -0.3 is 21.1 Å². The van der Waals surface area contributed by atoms with Crippen LogP contribution in [-0.2, 0) is 32.0 Å². The van der Waals surface area contributed by atoms with Crippen molar-refractivity contribution in [3.8, 4) is 0 Å². The zero-order chi connectivity index (χ0) is 33.1. The largest absolute Gasteiger partial charge is 0.480 e. The predicted molar refractivity (Wildman–Crippen MR) is 181 cm³/mol. The molecule has 3 rings (SSSR count). The molecule has 0 fully saturated rings. The number of carbonyl (C=O) groups is 4. The number of carboxylic acid groups (broad SMARTS) is 1. The summed E-state index contributed by atoms with van der Waals surface area (Å²) in [4.78, 5) is 51.4. The van der Waals surface area contributed by atoms with E-state index in [0.717, 1.165) is 24.0 Å². The number of unbranched alkanes of at least 4 members (excludes halogenated alkanes) is 2. The Morgan fingerprint density at radius 1 is 0.674 bits per heavy atom. The van der Waals surface area contributed by atoms with Gasteiger partial charge in [0.05, 0.1) is 12.5 Å². The molecule has 0 aliphatic carbocycles. The van der Waals surface area contributed by atoms with Gasteiger partial charge in [-0.2, -0.15) is 0 Å². The Balaban J connectivity index is 1.58. The molecule has 9 heteroatoms. The second kappa shape index (κ2) is 19.8. The molecule has 3 amide bonds. The van der Waals surface area contributed by atoms with Gasteiger partial charge in [-0.1, -0.05) is 106 Å². The molecule has 0 spiro atoms. The average Bonchev–Trinajstić information content (AvgIpc) is 3.04. The number of aryl methyl sites for hydroxylation is 1. The summed E-state index contributed by atoms with van der Waals surface area (Å²) in [5.74, 6) is -1.67. The van der Waals surface area contributed by atoms with Gasteiger partial charge in [0.2, 0.25) is 17.7 Å². The second-order valence-electron chi connectivity index (χ2n) is 12.0. The van der Waals surface area contributed by atoms with Gasteiger partial charge in [-0.05, 0) is 61.3 Å².